The van der Waals surface area contributed by atoms with Gasteiger partial charge < -0.3 is 20.2 Å². The van der Waals surface area contributed by atoms with Gasteiger partial charge in [-0.3, -0.25) is 4.79 Å². The van der Waals surface area contributed by atoms with Crippen molar-refractivity contribution in [3.8, 4) is 0 Å². The van der Waals surface area contributed by atoms with E-state index >= 15 is 0 Å². The summed E-state index contributed by atoms with van der Waals surface area (Å²) in [6, 6.07) is 16.8. The second kappa shape index (κ2) is 12.1. The van der Waals surface area contributed by atoms with Crippen LogP contribution >= 0.6 is 0 Å². The van der Waals surface area contributed by atoms with E-state index in [1.165, 1.54) is 6.07 Å². The van der Waals surface area contributed by atoms with Crippen LogP contribution < -0.4 is 10.2 Å². The number of hydrogen-bond donors (Lipinski definition) is 2. The minimum atomic E-state index is -0.759. The summed E-state index contributed by atoms with van der Waals surface area (Å²) in [5.41, 5.74) is 1.84. The van der Waals surface area contributed by atoms with Gasteiger partial charge in [0.25, 0.3) is 0 Å². The highest BCUT2D eigenvalue weighted by atomic mass is 19.1. The zero-order valence-electron chi connectivity index (χ0n) is 18.4. The van der Waals surface area contributed by atoms with Gasteiger partial charge in [0.15, 0.2) is 0 Å². The molecule has 2 aromatic carbocycles. The number of nitrogens with one attached hydrogen (secondary N) is 1. The monoisotopic (exact) mass is 441 g/mol. The molecular formula is C25H32FN3O3. The highest BCUT2D eigenvalue weighted by Gasteiger charge is 2.28. The molecule has 0 radical (unpaired) electrons. The van der Waals surface area contributed by atoms with Crippen molar-refractivity contribution in [2.45, 2.75) is 51.0 Å². The number of hydrogen-bond acceptors (Lipinski definition) is 3. The van der Waals surface area contributed by atoms with E-state index in [0.29, 0.717) is 26.1 Å². The zero-order chi connectivity index (χ0) is 22.8. The summed E-state index contributed by atoms with van der Waals surface area (Å²) in [5, 5.41) is 11.6. The molecule has 0 aromatic heterocycles. The van der Waals surface area contributed by atoms with Gasteiger partial charge in [-0.15, -0.1) is 0 Å². The Morgan fingerprint density at radius 3 is 2.34 bits per heavy atom. The standard InChI is InChI=1S/C25H32FN3O3/c26-20-9-8-12-23(19-20)29(21-10-4-3-5-11-21)22-14-17-28(18-15-22)25(32)27-16-7-2-1-6-13-24(30)31/h3-5,8-12,19,22H,1-2,6-7,13-18H2,(H,27,32)(H,30,31). The number of benzene rings is 2. The molecule has 3 rings (SSSR count). The summed E-state index contributed by atoms with van der Waals surface area (Å²) in [6.45, 7) is 1.90. The summed E-state index contributed by atoms with van der Waals surface area (Å²) < 4.78 is 13.9. The van der Waals surface area contributed by atoms with Crippen molar-refractivity contribution in [3.05, 3.63) is 60.4 Å². The maximum Gasteiger partial charge on any atom is 0.317 e. The Labute approximate surface area is 189 Å². The van der Waals surface area contributed by atoms with Crippen LogP contribution in [0.1, 0.15) is 44.9 Å². The number of carboxylic acids is 1. The molecule has 7 heteroatoms. The topological polar surface area (TPSA) is 72.9 Å². The molecule has 0 aliphatic carbocycles. The Kier molecular flexibility index (Phi) is 8.90. The van der Waals surface area contributed by atoms with Crippen LogP contribution in [0.2, 0.25) is 0 Å². The smallest absolute Gasteiger partial charge is 0.317 e. The first kappa shape index (κ1) is 23.6. The predicted molar refractivity (Wildman–Crippen MR) is 124 cm³/mol. The zero-order valence-corrected chi connectivity index (χ0v) is 18.4. The molecule has 0 unspecified atom stereocenters. The average Bonchev–Trinajstić information content (AvgIpc) is 2.79. The fourth-order valence-electron chi connectivity index (χ4n) is 4.17. The van der Waals surface area contributed by atoms with E-state index in [2.05, 4.69) is 10.2 Å². The van der Waals surface area contributed by atoms with E-state index in [1.807, 2.05) is 41.3 Å². The first-order chi connectivity index (χ1) is 15.5. The number of piperidine rings is 1. The molecule has 2 aromatic rings. The van der Waals surface area contributed by atoms with Crippen LogP contribution in [0.15, 0.2) is 54.6 Å². The maximum absolute atomic E-state index is 13.9. The summed E-state index contributed by atoms with van der Waals surface area (Å²) in [5.74, 6) is -1.02. The van der Waals surface area contributed by atoms with Crippen molar-refractivity contribution >= 4 is 23.4 Å². The third-order valence-corrected chi connectivity index (χ3v) is 5.83. The third kappa shape index (κ3) is 6.97. The number of rotatable bonds is 10. The number of nitrogens with zero attached hydrogens (tertiary/aromatic N) is 2. The van der Waals surface area contributed by atoms with E-state index in [0.717, 1.165) is 43.5 Å². The molecule has 0 atom stereocenters. The van der Waals surface area contributed by atoms with E-state index in [4.69, 9.17) is 5.11 Å². The lowest BCUT2D eigenvalue weighted by molar-refractivity contribution is -0.137. The van der Waals surface area contributed by atoms with Crippen LogP contribution in [0.3, 0.4) is 0 Å². The molecule has 2 amide bonds. The van der Waals surface area contributed by atoms with Gasteiger partial charge in [-0.1, -0.05) is 37.1 Å². The van der Waals surface area contributed by atoms with E-state index in [-0.39, 0.29) is 24.3 Å². The highest BCUT2D eigenvalue weighted by molar-refractivity contribution is 5.74. The first-order valence-corrected chi connectivity index (χ1v) is 11.4. The van der Waals surface area contributed by atoms with Crippen LogP contribution in [0.25, 0.3) is 0 Å². The van der Waals surface area contributed by atoms with Crippen molar-refractivity contribution < 1.29 is 19.1 Å². The number of halogens is 1. The summed E-state index contributed by atoms with van der Waals surface area (Å²) in [4.78, 5) is 27.0. The van der Waals surface area contributed by atoms with E-state index in [9.17, 15) is 14.0 Å². The molecule has 0 saturated carbocycles. The number of anilines is 2. The first-order valence-electron chi connectivity index (χ1n) is 11.4. The molecule has 0 bridgehead atoms. The summed E-state index contributed by atoms with van der Waals surface area (Å²) in [6.07, 6.45) is 5.11. The van der Waals surface area contributed by atoms with Gasteiger partial charge in [0.05, 0.1) is 0 Å². The number of urea groups is 1. The molecule has 1 heterocycles. The average molecular weight is 442 g/mol. The van der Waals surface area contributed by atoms with Crippen LogP contribution in [0.4, 0.5) is 20.6 Å². The molecule has 1 fully saturated rings. The lowest BCUT2D eigenvalue weighted by atomic mass is 10.0. The minimum absolute atomic E-state index is 0.0500. The number of para-hydroxylation sites is 1. The molecule has 0 spiro atoms. The Morgan fingerprint density at radius 1 is 0.969 bits per heavy atom. The number of aliphatic carboxylic acids is 1. The van der Waals surface area contributed by atoms with E-state index < -0.39 is 5.97 Å². The molecular weight excluding hydrogens is 409 g/mol. The van der Waals surface area contributed by atoms with Gasteiger partial charge in [-0.2, -0.15) is 0 Å². The number of carbonyl (C=O) groups excluding carboxylic acids is 1. The molecule has 2 N–H and O–H groups in total. The summed E-state index contributed by atoms with van der Waals surface area (Å²) >= 11 is 0. The van der Waals surface area contributed by atoms with Crippen molar-refractivity contribution in [3.63, 3.8) is 0 Å². The molecule has 32 heavy (non-hydrogen) atoms. The van der Waals surface area contributed by atoms with Crippen LogP contribution in [0.5, 0.6) is 0 Å². The number of carboxylic acid groups (broad SMARTS) is 1. The lowest BCUT2D eigenvalue weighted by Crippen LogP contribution is -2.48. The second-order valence-electron chi connectivity index (χ2n) is 8.19. The number of unbranched alkanes of at least 4 members (excludes halogenated alkanes) is 3. The largest absolute Gasteiger partial charge is 0.481 e. The van der Waals surface area contributed by atoms with Gasteiger partial charge in [-0.25, -0.2) is 9.18 Å². The normalized spacial score (nSPS) is 14.2. The summed E-state index contributed by atoms with van der Waals surface area (Å²) in [7, 11) is 0. The SMILES string of the molecule is O=C(O)CCCCCCNC(=O)N1CCC(N(c2ccccc2)c2cccc(F)c2)CC1. The molecule has 1 aliphatic heterocycles. The number of amides is 2. The Bertz CT molecular complexity index is 870. The van der Waals surface area contributed by atoms with Gasteiger partial charge in [0, 0.05) is 43.5 Å². The number of likely N-dealkylation sites (tertiary alicyclic amines) is 1. The van der Waals surface area contributed by atoms with Gasteiger partial charge in [0.2, 0.25) is 0 Å². The molecule has 6 nitrogen and oxygen atoms in total. The Morgan fingerprint density at radius 2 is 1.66 bits per heavy atom. The van der Waals surface area contributed by atoms with Crippen molar-refractivity contribution in [2.24, 2.45) is 0 Å². The van der Waals surface area contributed by atoms with Crippen molar-refractivity contribution in [2.75, 3.05) is 24.5 Å². The van der Waals surface area contributed by atoms with Gasteiger partial charge in [-0.05, 0) is 56.0 Å². The van der Waals surface area contributed by atoms with Crippen molar-refractivity contribution in [1.82, 2.24) is 10.2 Å². The maximum atomic E-state index is 13.9. The Balaban J connectivity index is 1.49. The second-order valence-corrected chi connectivity index (χ2v) is 8.19. The van der Waals surface area contributed by atoms with Gasteiger partial charge in [0.1, 0.15) is 5.82 Å². The van der Waals surface area contributed by atoms with E-state index in [1.54, 1.807) is 12.1 Å². The number of carbonyl (C=O) groups is 2. The van der Waals surface area contributed by atoms with Crippen LogP contribution in [-0.2, 0) is 4.79 Å². The fourth-order valence-corrected chi connectivity index (χ4v) is 4.17. The molecule has 172 valence electrons. The fraction of sp³-hybridized carbons (Fsp3) is 0.440. The Hall–Kier alpha value is -3.09. The quantitative estimate of drug-likeness (QED) is 0.499. The van der Waals surface area contributed by atoms with Crippen LogP contribution in [0, 0.1) is 5.82 Å². The lowest BCUT2D eigenvalue weighted by Gasteiger charge is -2.40. The van der Waals surface area contributed by atoms with Gasteiger partial charge >= 0.3 is 12.0 Å². The highest BCUT2D eigenvalue weighted by Crippen LogP contribution is 2.32. The van der Waals surface area contributed by atoms with Crippen LogP contribution in [-0.4, -0.2) is 47.7 Å². The third-order valence-electron chi connectivity index (χ3n) is 5.83. The predicted octanol–water partition coefficient (Wildman–Crippen LogP) is 5.17. The minimum Gasteiger partial charge on any atom is -0.481 e. The molecule has 1 saturated heterocycles. The van der Waals surface area contributed by atoms with Crippen molar-refractivity contribution in [1.29, 1.82) is 0 Å². The molecule has 1 aliphatic rings.